The van der Waals surface area contributed by atoms with Gasteiger partial charge in [0.25, 0.3) is 0 Å². The molecule has 0 spiro atoms. The molecule has 0 amide bonds. The Morgan fingerprint density at radius 2 is 2.13 bits per heavy atom. The lowest BCUT2D eigenvalue weighted by Gasteiger charge is -2.21. The molecular formula is C11H20N4. The Morgan fingerprint density at radius 3 is 2.73 bits per heavy atom. The van der Waals surface area contributed by atoms with E-state index in [4.69, 9.17) is 0 Å². The van der Waals surface area contributed by atoms with Crippen LogP contribution in [0, 0.1) is 0 Å². The lowest BCUT2D eigenvalue weighted by atomic mass is 10.3. The van der Waals surface area contributed by atoms with Gasteiger partial charge in [-0.15, -0.1) is 0 Å². The normalized spacial score (nSPS) is 10.1. The SMILES string of the molecule is CCCCN(CC)c1cncc(NC)n1. The predicted octanol–water partition coefficient (Wildman–Crippen LogP) is 2.14. The molecule has 1 aromatic heterocycles. The smallest absolute Gasteiger partial charge is 0.149 e. The molecule has 1 rings (SSSR count). The molecule has 0 aromatic carbocycles. The second-order valence-electron chi connectivity index (χ2n) is 3.45. The molecule has 1 heterocycles. The number of rotatable bonds is 6. The molecule has 84 valence electrons. The molecule has 15 heavy (non-hydrogen) atoms. The van der Waals surface area contributed by atoms with E-state index < -0.39 is 0 Å². The highest BCUT2D eigenvalue weighted by atomic mass is 15.2. The highest BCUT2D eigenvalue weighted by Crippen LogP contribution is 2.12. The number of anilines is 2. The third kappa shape index (κ3) is 3.38. The maximum Gasteiger partial charge on any atom is 0.149 e. The highest BCUT2D eigenvalue weighted by Gasteiger charge is 2.05. The van der Waals surface area contributed by atoms with E-state index in [2.05, 4.69) is 34.0 Å². The van der Waals surface area contributed by atoms with Crippen molar-refractivity contribution in [1.29, 1.82) is 0 Å². The fraction of sp³-hybridized carbons (Fsp3) is 0.636. The van der Waals surface area contributed by atoms with Crippen molar-refractivity contribution in [2.75, 3.05) is 30.4 Å². The van der Waals surface area contributed by atoms with Crippen LogP contribution in [0.25, 0.3) is 0 Å². The van der Waals surface area contributed by atoms with Gasteiger partial charge in [0.1, 0.15) is 11.6 Å². The van der Waals surface area contributed by atoms with Crippen molar-refractivity contribution in [3.8, 4) is 0 Å². The minimum Gasteiger partial charge on any atom is -0.372 e. The second-order valence-corrected chi connectivity index (χ2v) is 3.45. The van der Waals surface area contributed by atoms with Gasteiger partial charge in [0.15, 0.2) is 0 Å². The molecule has 0 unspecified atom stereocenters. The van der Waals surface area contributed by atoms with Gasteiger partial charge < -0.3 is 10.2 Å². The lowest BCUT2D eigenvalue weighted by molar-refractivity contribution is 0.722. The Balaban J connectivity index is 2.72. The van der Waals surface area contributed by atoms with Gasteiger partial charge in [-0.1, -0.05) is 13.3 Å². The van der Waals surface area contributed by atoms with Gasteiger partial charge in [0.05, 0.1) is 12.4 Å². The summed E-state index contributed by atoms with van der Waals surface area (Å²) in [5, 5.41) is 3.00. The fourth-order valence-corrected chi connectivity index (χ4v) is 1.41. The van der Waals surface area contributed by atoms with Crippen LogP contribution in [-0.2, 0) is 0 Å². The molecule has 0 saturated carbocycles. The predicted molar refractivity (Wildman–Crippen MR) is 64.4 cm³/mol. The summed E-state index contributed by atoms with van der Waals surface area (Å²) in [6.07, 6.45) is 5.95. The van der Waals surface area contributed by atoms with Crippen molar-refractivity contribution >= 4 is 11.6 Å². The molecule has 0 aliphatic heterocycles. The first-order valence-electron chi connectivity index (χ1n) is 5.56. The molecule has 0 bridgehead atoms. The van der Waals surface area contributed by atoms with Crippen molar-refractivity contribution in [1.82, 2.24) is 9.97 Å². The van der Waals surface area contributed by atoms with Gasteiger partial charge >= 0.3 is 0 Å². The number of aromatic nitrogens is 2. The molecule has 4 heteroatoms. The second kappa shape index (κ2) is 6.22. The quantitative estimate of drug-likeness (QED) is 0.777. The van der Waals surface area contributed by atoms with Crippen molar-refractivity contribution in [3.63, 3.8) is 0 Å². The highest BCUT2D eigenvalue weighted by molar-refractivity contribution is 5.43. The number of nitrogens with zero attached hydrogens (tertiary/aromatic N) is 3. The molecule has 0 aliphatic rings. The summed E-state index contributed by atoms with van der Waals surface area (Å²) >= 11 is 0. The summed E-state index contributed by atoms with van der Waals surface area (Å²) in [6, 6.07) is 0. The zero-order valence-corrected chi connectivity index (χ0v) is 9.82. The zero-order valence-electron chi connectivity index (χ0n) is 9.82. The fourth-order valence-electron chi connectivity index (χ4n) is 1.41. The standard InChI is InChI=1S/C11H20N4/c1-4-6-7-15(5-2)11-9-13-8-10(12-3)14-11/h8-9H,4-7H2,1-3H3,(H,12,14). The first kappa shape index (κ1) is 11.8. The van der Waals surface area contributed by atoms with Crippen molar-refractivity contribution < 1.29 is 0 Å². The molecule has 4 nitrogen and oxygen atoms in total. The number of hydrogen-bond acceptors (Lipinski definition) is 4. The van der Waals surface area contributed by atoms with Crippen molar-refractivity contribution in [2.24, 2.45) is 0 Å². The van der Waals surface area contributed by atoms with E-state index in [1.165, 1.54) is 12.8 Å². The Labute approximate surface area is 91.7 Å². The lowest BCUT2D eigenvalue weighted by Crippen LogP contribution is -2.25. The van der Waals surface area contributed by atoms with Crippen LogP contribution in [0.4, 0.5) is 11.6 Å². The first-order valence-corrected chi connectivity index (χ1v) is 5.56. The zero-order chi connectivity index (χ0) is 11.1. The van der Waals surface area contributed by atoms with Gasteiger partial charge in [0.2, 0.25) is 0 Å². The molecular weight excluding hydrogens is 188 g/mol. The van der Waals surface area contributed by atoms with Gasteiger partial charge in [-0.25, -0.2) is 4.98 Å². The van der Waals surface area contributed by atoms with E-state index in [0.717, 1.165) is 24.7 Å². The summed E-state index contributed by atoms with van der Waals surface area (Å²) in [5.74, 6) is 1.78. The van der Waals surface area contributed by atoms with Crippen LogP contribution in [-0.4, -0.2) is 30.1 Å². The van der Waals surface area contributed by atoms with Crippen LogP contribution < -0.4 is 10.2 Å². The molecule has 0 fully saturated rings. The van der Waals surface area contributed by atoms with Crippen molar-refractivity contribution in [3.05, 3.63) is 12.4 Å². The Bertz CT molecular complexity index is 288. The summed E-state index contributed by atoms with van der Waals surface area (Å²) < 4.78 is 0. The first-order chi connectivity index (χ1) is 7.31. The topological polar surface area (TPSA) is 41.1 Å². The average Bonchev–Trinajstić information content (AvgIpc) is 2.30. The maximum atomic E-state index is 4.47. The van der Waals surface area contributed by atoms with E-state index in [-0.39, 0.29) is 0 Å². The molecule has 0 aliphatic carbocycles. The Morgan fingerprint density at radius 1 is 1.33 bits per heavy atom. The Hall–Kier alpha value is -1.32. The minimum atomic E-state index is 0.822. The maximum absolute atomic E-state index is 4.47. The van der Waals surface area contributed by atoms with E-state index in [0.29, 0.717) is 0 Å². The van der Waals surface area contributed by atoms with E-state index >= 15 is 0 Å². The van der Waals surface area contributed by atoms with Crippen LogP contribution in [0.3, 0.4) is 0 Å². The molecule has 0 atom stereocenters. The molecule has 1 aromatic rings. The number of hydrogen-bond donors (Lipinski definition) is 1. The molecule has 1 N–H and O–H groups in total. The van der Waals surface area contributed by atoms with Gasteiger partial charge in [-0.05, 0) is 13.3 Å². The summed E-state index contributed by atoms with van der Waals surface area (Å²) in [6.45, 7) is 6.36. The van der Waals surface area contributed by atoms with E-state index in [9.17, 15) is 0 Å². The van der Waals surface area contributed by atoms with Crippen LogP contribution >= 0.6 is 0 Å². The van der Waals surface area contributed by atoms with E-state index in [1.54, 1.807) is 6.20 Å². The number of unbranched alkanes of at least 4 members (excludes halogenated alkanes) is 1. The van der Waals surface area contributed by atoms with E-state index in [1.807, 2.05) is 13.2 Å². The van der Waals surface area contributed by atoms with Crippen molar-refractivity contribution in [2.45, 2.75) is 26.7 Å². The van der Waals surface area contributed by atoms with Crippen LogP contribution in [0.2, 0.25) is 0 Å². The largest absolute Gasteiger partial charge is 0.372 e. The van der Waals surface area contributed by atoms with Crippen LogP contribution in [0.15, 0.2) is 12.4 Å². The summed E-state index contributed by atoms with van der Waals surface area (Å²) in [4.78, 5) is 10.9. The van der Waals surface area contributed by atoms with Gasteiger partial charge in [-0.2, -0.15) is 0 Å². The minimum absolute atomic E-state index is 0.822. The third-order valence-corrected chi connectivity index (χ3v) is 2.37. The molecule has 0 saturated heterocycles. The number of nitrogens with one attached hydrogen (secondary N) is 1. The monoisotopic (exact) mass is 208 g/mol. The Kier molecular flexibility index (Phi) is 4.87. The summed E-state index contributed by atoms with van der Waals surface area (Å²) in [5.41, 5.74) is 0. The average molecular weight is 208 g/mol. The van der Waals surface area contributed by atoms with Gasteiger partial charge in [-0.3, -0.25) is 4.98 Å². The van der Waals surface area contributed by atoms with Gasteiger partial charge in [0, 0.05) is 20.1 Å². The van der Waals surface area contributed by atoms with Crippen LogP contribution in [0.1, 0.15) is 26.7 Å². The third-order valence-electron chi connectivity index (χ3n) is 2.37. The van der Waals surface area contributed by atoms with Crippen LogP contribution in [0.5, 0.6) is 0 Å². The summed E-state index contributed by atoms with van der Waals surface area (Å²) in [7, 11) is 1.86. The molecule has 0 radical (unpaired) electrons.